The average molecular weight is 406 g/mol. The van der Waals surface area contributed by atoms with Gasteiger partial charge in [-0.2, -0.15) is 0 Å². The number of hydrogen-bond acceptors (Lipinski definition) is 5. The van der Waals surface area contributed by atoms with E-state index in [2.05, 4.69) is 10.6 Å². The minimum absolute atomic E-state index is 0.0371. The number of fused-ring (bicyclic) bond motifs is 2. The Morgan fingerprint density at radius 3 is 2.66 bits per heavy atom. The summed E-state index contributed by atoms with van der Waals surface area (Å²) in [6.45, 7) is 0.642. The predicted molar refractivity (Wildman–Crippen MR) is 103 cm³/mol. The van der Waals surface area contributed by atoms with E-state index < -0.39 is 12.1 Å². The fraction of sp³-hybridized carbons (Fsp3) is 0.800. The zero-order valence-electron chi connectivity index (χ0n) is 16.9. The second kappa shape index (κ2) is 8.30. The molecule has 0 aromatic carbocycles. The molecule has 3 heterocycles. The van der Waals surface area contributed by atoms with Crippen LogP contribution in [0.5, 0.6) is 0 Å². The van der Waals surface area contributed by atoms with Crippen LogP contribution in [0.25, 0.3) is 0 Å². The van der Waals surface area contributed by atoms with Crippen molar-refractivity contribution in [1.82, 2.24) is 20.4 Å². The van der Waals surface area contributed by atoms with Crippen molar-refractivity contribution in [2.75, 3.05) is 26.8 Å². The van der Waals surface area contributed by atoms with Gasteiger partial charge in [0.25, 0.3) is 0 Å². The van der Waals surface area contributed by atoms with E-state index in [0.29, 0.717) is 25.9 Å². The van der Waals surface area contributed by atoms with Crippen LogP contribution in [0.1, 0.15) is 44.9 Å². The highest BCUT2D eigenvalue weighted by Crippen LogP contribution is 2.30. The third kappa shape index (κ3) is 3.84. The first-order valence-corrected chi connectivity index (χ1v) is 10.7. The largest absolute Gasteiger partial charge is 0.375 e. The maximum Gasteiger partial charge on any atom is 0.249 e. The summed E-state index contributed by atoms with van der Waals surface area (Å²) in [6.07, 6.45) is 6.12. The van der Waals surface area contributed by atoms with Gasteiger partial charge in [0.2, 0.25) is 23.6 Å². The number of carbonyl (C=O) groups is 4. The number of nitrogens with one attached hydrogen (secondary N) is 2. The van der Waals surface area contributed by atoms with Gasteiger partial charge in [-0.3, -0.25) is 19.2 Å². The Morgan fingerprint density at radius 1 is 1.17 bits per heavy atom. The molecule has 29 heavy (non-hydrogen) atoms. The zero-order valence-corrected chi connectivity index (χ0v) is 16.9. The lowest BCUT2D eigenvalue weighted by atomic mass is 9.88. The van der Waals surface area contributed by atoms with Crippen LogP contribution >= 0.6 is 0 Å². The SMILES string of the molecule is COCC(=O)N1CCC2NC(=O)C3CC(NC(=O)C4CCCCC4)CN3C(=O)C21. The first-order chi connectivity index (χ1) is 14.0. The van der Waals surface area contributed by atoms with E-state index in [1.165, 1.54) is 18.4 Å². The van der Waals surface area contributed by atoms with Crippen molar-refractivity contribution < 1.29 is 23.9 Å². The molecule has 4 fully saturated rings. The molecular formula is C20H30N4O5. The van der Waals surface area contributed by atoms with Gasteiger partial charge in [0.1, 0.15) is 18.7 Å². The van der Waals surface area contributed by atoms with Crippen LogP contribution < -0.4 is 10.6 Å². The Bertz CT molecular complexity index is 692. The Kier molecular flexibility index (Phi) is 5.76. The maximum absolute atomic E-state index is 13.3. The van der Waals surface area contributed by atoms with Crippen molar-refractivity contribution in [2.24, 2.45) is 5.92 Å². The van der Waals surface area contributed by atoms with Crippen LogP contribution in [0.4, 0.5) is 0 Å². The number of ether oxygens (including phenoxy) is 1. The number of hydrogen-bond donors (Lipinski definition) is 2. The second-order valence-electron chi connectivity index (χ2n) is 8.65. The Labute approximate surface area is 170 Å². The highest BCUT2D eigenvalue weighted by atomic mass is 16.5. The van der Waals surface area contributed by atoms with Crippen molar-refractivity contribution in [3.05, 3.63) is 0 Å². The zero-order chi connectivity index (χ0) is 20.5. The molecule has 0 spiro atoms. The lowest BCUT2D eigenvalue weighted by molar-refractivity contribution is -0.146. The predicted octanol–water partition coefficient (Wildman–Crippen LogP) is -0.602. The monoisotopic (exact) mass is 406 g/mol. The molecule has 1 saturated carbocycles. The molecule has 4 aliphatic rings. The van der Waals surface area contributed by atoms with Crippen LogP contribution in [0.3, 0.4) is 0 Å². The first kappa shape index (κ1) is 20.1. The molecule has 0 radical (unpaired) electrons. The molecule has 4 atom stereocenters. The van der Waals surface area contributed by atoms with E-state index in [0.717, 1.165) is 25.7 Å². The molecule has 4 rings (SSSR count). The number of methoxy groups -OCH3 is 1. The Hall–Kier alpha value is -2.16. The molecule has 160 valence electrons. The third-order valence-electron chi connectivity index (χ3n) is 6.78. The van der Waals surface area contributed by atoms with Crippen LogP contribution in [0.15, 0.2) is 0 Å². The topological polar surface area (TPSA) is 108 Å². The molecule has 9 nitrogen and oxygen atoms in total. The van der Waals surface area contributed by atoms with E-state index in [4.69, 9.17) is 4.74 Å². The molecule has 2 N–H and O–H groups in total. The molecule has 0 aromatic heterocycles. The highest BCUT2D eigenvalue weighted by Gasteiger charge is 2.52. The molecule has 1 aliphatic carbocycles. The van der Waals surface area contributed by atoms with Crippen molar-refractivity contribution in [2.45, 2.75) is 69.1 Å². The van der Waals surface area contributed by atoms with Gasteiger partial charge >= 0.3 is 0 Å². The molecule has 0 aromatic rings. The summed E-state index contributed by atoms with van der Waals surface area (Å²) in [5, 5.41) is 6.03. The molecule has 3 saturated heterocycles. The fourth-order valence-electron chi connectivity index (χ4n) is 5.30. The number of nitrogens with zero attached hydrogens (tertiary/aromatic N) is 2. The summed E-state index contributed by atoms with van der Waals surface area (Å²) in [5.41, 5.74) is 0. The van der Waals surface area contributed by atoms with E-state index in [1.54, 1.807) is 4.90 Å². The quantitative estimate of drug-likeness (QED) is 0.648. The lowest BCUT2D eigenvalue weighted by Crippen LogP contribution is -2.53. The van der Waals surface area contributed by atoms with E-state index in [1.807, 2.05) is 0 Å². The van der Waals surface area contributed by atoms with Crippen LogP contribution in [-0.2, 0) is 23.9 Å². The molecule has 3 aliphatic heterocycles. The normalized spacial score (nSPS) is 32.4. The summed E-state index contributed by atoms with van der Waals surface area (Å²) in [6, 6.07) is -1.88. The van der Waals surface area contributed by atoms with Gasteiger partial charge < -0.3 is 25.2 Å². The summed E-state index contributed by atoms with van der Waals surface area (Å²) in [5.74, 6) is -0.579. The first-order valence-electron chi connectivity index (χ1n) is 10.7. The minimum Gasteiger partial charge on any atom is -0.375 e. The van der Waals surface area contributed by atoms with Crippen molar-refractivity contribution in [3.8, 4) is 0 Å². The smallest absolute Gasteiger partial charge is 0.249 e. The number of carbonyl (C=O) groups excluding carboxylic acids is 4. The van der Waals surface area contributed by atoms with Gasteiger partial charge in [0, 0.05) is 32.2 Å². The van der Waals surface area contributed by atoms with Crippen molar-refractivity contribution in [1.29, 1.82) is 0 Å². The molecule has 4 unspecified atom stereocenters. The molecule has 4 amide bonds. The Morgan fingerprint density at radius 2 is 1.93 bits per heavy atom. The summed E-state index contributed by atoms with van der Waals surface area (Å²) in [7, 11) is 1.44. The second-order valence-corrected chi connectivity index (χ2v) is 8.65. The van der Waals surface area contributed by atoms with Gasteiger partial charge in [-0.15, -0.1) is 0 Å². The van der Waals surface area contributed by atoms with E-state index in [9.17, 15) is 19.2 Å². The average Bonchev–Trinajstić information content (AvgIpc) is 3.31. The van der Waals surface area contributed by atoms with Gasteiger partial charge in [0.05, 0.1) is 6.04 Å². The fourth-order valence-corrected chi connectivity index (χ4v) is 5.30. The van der Waals surface area contributed by atoms with Crippen molar-refractivity contribution >= 4 is 23.6 Å². The lowest BCUT2D eigenvalue weighted by Gasteiger charge is -2.29. The third-order valence-corrected chi connectivity index (χ3v) is 6.78. The van der Waals surface area contributed by atoms with E-state index in [-0.39, 0.29) is 48.2 Å². The van der Waals surface area contributed by atoms with Crippen LogP contribution in [0, 0.1) is 5.92 Å². The molecule has 9 heteroatoms. The Balaban J connectivity index is 1.45. The summed E-state index contributed by atoms with van der Waals surface area (Å²) < 4.78 is 4.94. The van der Waals surface area contributed by atoms with Gasteiger partial charge in [-0.1, -0.05) is 19.3 Å². The van der Waals surface area contributed by atoms with Crippen molar-refractivity contribution in [3.63, 3.8) is 0 Å². The van der Waals surface area contributed by atoms with Gasteiger partial charge in [-0.05, 0) is 25.7 Å². The van der Waals surface area contributed by atoms with Crippen LogP contribution in [0.2, 0.25) is 0 Å². The standard InChI is InChI=1S/C20H30N4O5/c1-29-11-16(25)23-8-7-14-17(23)20(28)24-10-13(9-15(24)19(27)22-14)21-18(26)12-5-3-2-4-6-12/h12-15,17H,2-11H2,1H3,(H,21,26)(H,22,27). The maximum atomic E-state index is 13.3. The van der Waals surface area contributed by atoms with Crippen LogP contribution in [-0.4, -0.2) is 84.4 Å². The van der Waals surface area contributed by atoms with E-state index >= 15 is 0 Å². The minimum atomic E-state index is -0.695. The molecule has 0 bridgehead atoms. The highest BCUT2D eigenvalue weighted by molar-refractivity contribution is 5.96. The number of amides is 4. The molecular weight excluding hydrogens is 376 g/mol. The number of likely N-dealkylation sites (tertiary alicyclic amines) is 1. The van der Waals surface area contributed by atoms with Gasteiger partial charge in [-0.25, -0.2) is 0 Å². The summed E-state index contributed by atoms with van der Waals surface area (Å²) >= 11 is 0. The number of rotatable bonds is 4. The summed E-state index contributed by atoms with van der Waals surface area (Å²) in [4.78, 5) is 54.1. The van der Waals surface area contributed by atoms with Gasteiger partial charge in [0.15, 0.2) is 0 Å².